The highest BCUT2D eigenvalue weighted by Gasteiger charge is 2.20. The zero-order chi connectivity index (χ0) is 9.52. The minimum absolute atomic E-state index is 0.0648. The molecule has 0 atom stereocenters. The van der Waals surface area contributed by atoms with Gasteiger partial charge in [-0.05, 0) is 6.92 Å². The fourth-order valence-electron chi connectivity index (χ4n) is 1.01. The van der Waals surface area contributed by atoms with Crippen LogP contribution in [0.4, 0.5) is 5.82 Å². The van der Waals surface area contributed by atoms with Gasteiger partial charge in [-0.2, -0.15) is 5.10 Å². The highest BCUT2D eigenvalue weighted by Crippen LogP contribution is 2.18. The summed E-state index contributed by atoms with van der Waals surface area (Å²) >= 11 is 0. The molecule has 4 N–H and O–H groups in total. The van der Waals surface area contributed by atoms with Crippen molar-refractivity contribution in [3.05, 3.63) is 5.69 Å². The van der Waals surface area contributed by atoms with E-state index in [0.29, 0.717) is 5.69 Å². The molecule has 1 aromatic heterocycles. The molecule has 0 aliphatic carbocycles. The van der Waals surface area contributed by atoms with Crippen molar-refractivity contribution in [3.63, 3.8) is 0 Å². The number of nitrogens with two attached hydrogens (primary N) is 2. The van der Waals surface area contributed by atoms with Gasteiger partial charge in [0.25, 0.3) is 0 Å². The van der Waals surface area contributed by atoms with Crippen molar-refractivity contribution in [3.8, 4) is 0 Å². The number of primary sulfonamides is 1. The minimum Gasteiger partial charge on any atom is -0.383 e. The Morgan fingerprint density at radius 1 is 1.50 bits per heavy atom. The van der Waals surface area contributed by atoms with E-state index in [0.717, 1.165) is 0 Å². The monoisotopic (exact) mass is 190 g/mol. The molecule has 0 aromatic carbocycles. The van der Waals surface area contributed by atoms with E-state index in [-0.39, 0.29) is 10.7 Å². The van der Waals surface area contributed by atoms with Crippen molar-refractivity contribution in [1.29, 1.82) is 0 Å². The van der Waals surface area contributed by atoms with Crippen LogP contribution in [-0.2, 0) is 17.1 Å². The topological polar surface area (TPSA) is 104 Å². The molecule has 0 radical (unpaired) electrons. The Bertz CT molecular complexity index is 405. The van der Waals surface area contributed by atoms with Crippen molar-refractivity contribution in [2.75, 3.05) is 5.73 Å². The summed E-state index contributed by atoms with van der Waals surface area (Å²) in [5.41, 5.74) is 5.75. The maximum absolute atomic E-state index is 10.9. The molecular formula is C5H10N4O2S. The first-order valence-electron chi connectivity index (χ1n) is 3.16. The van der Waals surface area contributed by atoms with E-state index in [9.17, 15) is 8.42 Å². The predicted octanol–water partition coefficient (Wildman–Crippen LogP) is -1.04. The van der Waals surface area contributed by atoms with Crippen LogP contribution in [0.1, 0.15) is 5.69 Å². The molecule has 6 nitrogen and oxygen atoms in total. The lowest BCUT2D eigenvalue weighted by Gasteiger charge is -1.96. The van der Waals surface area contributed by atoms with Gasteiger partial charge in [-0.25, -0.2) is 13.6 Å². The Labute approximate surface area is 70.2 Å². The summed E-state index contributed by atoms with van der Waals surface area (Å²) in [5.74, 6) is 0.0648. The number of rotatable bonds is 1. The largest absolute Gasteiger partial charge is 0.383 e. The lowest BCUT2D eigenvalue weighted by molar-refractivity contribution is 0.597. The smallest absolute Gasteiger partial charge is 0.243 e. The molecule has 1 heterocycles. The zero-order valence-electron chi connectivity index (χ0n) is 6.77. The van der Waals surface area contributed by atoms with Crippen LogP contribution >= 0.6 is 0 Å². The first-order chi connectivity index (χ1) is 5.34. The summed E-state index contributed by atoms with van der Waals surface area (Å²) in [6, 6.07) is 0. The van der Waals surface area contributed by atoms with E-state index in [4.69, 9.17) is 10.9 Å². The number of nitrogen functional groups attached to an aromatic ring is 1. The van der Waals surface area contributed by atoms with E-state index in [1.807, 2.05) is 0 Å². The summed E-state index contributed by atoms with van der Waals surface area (Å²) < 4.78 is 23.1. The van der Waals surface area contributed by atoms with Gasteiger partial charge in [0.1, 0.15) is 10.7 Å². The van der Waals surface area contributed by atoms with Gasteiger partial charge in [0.05, 0.1) is 5.69 Å². The van der Waals surface area contributed by atoms with E-state index < -0.39 is 10.0 Å². The molecule has 0 unspecified atom stereocenters. The molecule has 1 rings (SSSR count). The van der Waals surface area contributed by atoms with Gasteiger partial charge >= 0.3 is 0 Å². The summed E-state index contributed by atoms with van der Waals surface area (Å²) in [6.07, 6.45) is 0. The van der Waals surface area contributed by atoms with Gasteiger partial charge in [0.15, 0.2) is 0 Å². The number of anilines is 1. The normalized spacial score (nSPS) is 11.9. The Kier molecular flexibility index (Phi) is 1.85. The highest BCUT2D eigenvalue weighted by molar-refractivity contribution is 7.89. The number of hydrogen-bond donors (Lipinski definition) is 2. The molecule has 0 fully saturated rings. The fraction of sp³-hybridized carbons (Fsp3) is 0.400. The molecule has 12 heavy (non-hydrogen) atoms. The molecular weight excluding hydrogens is 180 g/mol. The third kappa shape index (κ3) is 1.28. The average molecular weight is 190 g/mol. The van der Waals surface area contributed by atoms with Crippen molar-refractivity contribution < 1.29 is 8.42 Å². The molecule has 0 amide bonds. The average Bonchev–Trinajstić information content (AvgIpc) is 2.05. The summed E-state index contributed by atoms with van der Waals surface area (Å²) in [4.78, 5) is -0.0926. The summed E-state index contributed by atoms with van der Waals surface area (Å²) in [6.45, 7) is 1.54. The minimum atomic E-state index is -3.75. The first kappa shape index (κ1) is 9.01. The molecule has 0 aliphatic heterocycles. The second-order valence-electron chi connectivity index (χ2n) is 2.47. The lowest BCUT2D eigenvalue weighted by Crippen LogP contribution is -2.14. The SMILES string of the molecule is Cc1nn(C)c(N)c1S(N)(=O)=O. The van der Waals surface area contributed by atoms with Crippen LogP contribution in [0.25, 0.3) is 0 Å². The standard InChI is InChI=1S/C5H10N4O2S/c1-3-4(12(7,10)11)5(6)9(2)8-3/h6H2,1-2H3,(H2,7,10,11). The van der Waals surface area contributed by atoms with E-state index in [1.165, 1.54) is 11.6 Å². The van der Waals surface area contributed by atoms with Crippen LogP contribution in [0.2, 0.25) is 0 Å². The van der Waals surface area contributed by atoms with Crippen molar-refractivity contribution in [1.82, 2.24) is 9.78 Å². The number of nitrogens with zero attached hydrogens (tertiary/aromatic N) is 2. The quantitative estimate of drug-likeness (QED) is 0.590. The van der Waals surface area contributed by atoms with Gasteiger partial charge < -0.3 is 5.73 Å². The number of aryl methyl sites for hydroxylation is 2. The zero-order valence-corrected chi connectivity index (χ0v) is 7.59. The third-order valence-electron chi connectivity index (χ3n) is 1.49. The van der Waals surface area contributed by atoms with Crippen LogP contribution in [-0.4, -0.2) is 18.2 Å². The molecule has 7 heteroatoms. The van der Waals surface area contributed by atoms with Crippen molar-refractivity contribution in [2.24, 2.45) is 12.2 Å². The van der Waals surface area contributed by atoms with Crippen LogP contribution in [0, 0.1) is 6.92 Å². The molecule has 0 saturated carbocycles. The van der Waals surface area contributed by atoms with Gasteiger partial charge in [-0.3, -0.25) is 4.68 Å². The maximum atomic E-state index is 10.9. The molecule has 0 bridgehead atoms. The first-order valence-corrected chi connectivity index (χ1v) is 4.70. The van der Waals surface area contributed by atoms with Gasteiger partial charge in [0, 0.05) is 7.05 Å². The van der Waals surface area contributed by atoms with Crippen LogP contribution in [0.3, 0.4) is 0 Å². The van der Waals surface area contributed by atoms with Gasteiger partial charge in [0.2, 0.25) is 10.0 Å². The maximum Gasteiger partial charge on any atom is 0.243 e. The highest BCUT2D eigenvalue weighted by atomic mass is 32.2. The number of aromatic nitrogens is 2. The van der Waals surface area contributed by atoms with E-state index in [1.54, 1.807) is 7.05 Å². The molecule has 0 saturated heterocycles. The molecule has 68 valence electrons. The molecule has 0 aliphatic rings. The lowest BCUT2D eigenvalue weighted by atomic mass is 10.5. The van der Waals surface area contributed by atoms with E-state index in [2.05, 4.69) is 5.10 Å². The van der Waals surface area contributed by atoms with Crippen molar-refractivity contribution >= 4 is 15.8 Å². The Balaban J connectivity index is 3.54. The van der Waals surface area contributed by atoms with Gasteiger partial charge in [-0.15, -0.1) is 0 Å². The van der Waals surface area contributed by atoms with Crippen molar-refractivity contribution in [2.45, 2.75) is 11.8 Å². The number of hydrogen-bond acceptors (Lipinski definition) is 4. The number of sulfonamides is 1. The third-order valence-corrected chi connectivity index (χ3v) is 2.57. The second-order valence-corrected chi connectivity index (χ2v) is 3.97. The van der Waals surface area contributed by atoms with Crippen LogP contribution < -0.4 is 10.9 Å². The molecule has 0 spiro atoms. The molecule has 1 aromatic rings. The predicted molar refractivity (Wildman–Crippen MR) is 43.7 cm³/mol. The van der Waals surface area contributed by atoms with Crippen LogP contribution in [0.5, 0.6) is 0 Å². The Morgan fingerprint density at radius 3 is 2.17 bits per heavy atom. The van der Waals surface area contributed by atoms with E-state index >= 15 is 0 Å². The fourth-order valence-corrected chi connectivity index (χ4v) is 1.88. The second kappa shape index (κ2) is 2.46. The van der Waals surface area contributed by atoms with Gasteiger partial charge in [-0.1, -0.05) is 0 Å². The summed E-state index contributed by atoms with van der Waals surface area (Å²) in [7, 11) is -2.20. The summed E-state index contributed by atoms with van der Waals surface area (Å²) in [5, 5.41) is 8.72. The Hall–Kier alpha value is -1.08. The Morgan fingerprint density at radius 2 is 2.00 bits per heavy atom. The van der Waals surface area contributed by atoms with Crippen LogP contribution in [0.15, 0.2) is 4.90 Å².